The molecule has 0 aliphatic carbocycles. The summed E-state index contributed by atoms with van der Waals surface area (Å²) in [6.45, 7) is 3.79. The minimum absolute atomic E-state index is 0.0456. The maximum Gasteiger partial charge on any atom is 0.263 e. The second kappa shape index (κ2) is 8.28. The summed E-state index contributed by atoms with van der Waals surface area (Å²) in [6.07, 6.45) is 0.0456. The van der Waals surface area contributed by atoms with E-state index in [1.54, 1.807) is 24.3 Å². The molecule has 1 aromatic heterocycles. The van der Waals surface area contributed by atoms with E-state index in [9.17, 15) is 18.4 Å². The van der Waals surface area contributed by atoms with E-state index in [-0.39, 0.29) is 24.2 Å². The highest BCUT2D eigenvalue weighted by atomic mass is 19.2. The summed E-state index contributed by atoms with van der Waals surface area (Å²) in [5.41, 5.74) is 0.618. The lowest BCUT2D eigenvalue weighted by molar-refractivity contribution is -0.123. The molecule has 0 spiro atoms. The molecule has 34 heavy (non-hydrogen) atoms. The van der Waals surface area contributed by atoms with Crippen molar-refractivity contribution in [2.75, 3.05) is 4.90 Å². The average Bonchev–Trinajstić information content (AvgIpc) is 3.49. The van der Waals surface area contributed by atoms with Crippen LogP contribution in [0.15, 0.2) is 57.3 Å². The molecule has 2 amide bonds. The quantitative estimate of drug-likeness (QED) is 0.510. The van der Waals surface area contributed by atoms with Crippen molar-refractivity contribution in [2.45, 2.75) is 38.6 Å². The highest BCUT2D eigenvalue weighted by Gasteiger charge is 2.55. The molecule has 2 aliphatic rings. The first-order valence-electron chi connectivity index (χ1n) is 10.4. The van der Waals surface area contributed by atoms with Gasteiger partial charge in [-0.3, -0.25) is 14.6 Å². The number of anilines is 1. The fraction of sp³-hybridized carbons (Fsp3) is 0.273. The fourth-order valence-electron chi connectivity index (χ4n) is 3.76. The highest BCUT2D eigenvalue weighted by molar-refractivity contribution is 6.25. The number of nitrogens with zero attached hydrogens (tertiary/aromatic N) is 6. The third-order valence-electron chi connectivity index (χ3n) is 5.27. The molecular weight excluding hydrogens is 450 g/mol. The largest absolute Gasteiger partial charge is 0.491 e. The number of fused-ring (bicyclic) bond motifs is 1. The summed E-state index contributed by atoms with van der Waals surface area (Å²) in [5, 5.41) is 13.0. The van der Waals surface area contributed by atoms with E-state index in [4.69, 9.17) is 9.26 Å². The number of rotatable bonds is 6. The third-order valence-corrected chi connectivity index (χ3v) is 5.27. The number of imide groups is 1. The minimum Gasteiger partial charge on any atom is -0.491 e. The van der Waals surface area contributed by atoms with E-state index in [1.165, 1.54) is 5.01 Å². The van der Waals surface area contributed by atoms with Crippen molar-refractivity contribution in [3.05, 3.63) is 60.0 Å². The predicted molar refractivity (Wildman–Crippen MR) is 112 cm³/mol. The summed E-state index contributed by atoms with van der Waals surface area (Å²) in [5.74, 6) is -2.40. The summed E-state index contributed by atoms with van der Waals surface area (Å²) in [7, 11) is 0. The van der Waals surface area contributed by atoms with Crippen LogP contribution < -0.4 is 9.64 Å². The molecule has 2 aromatic carbocycles. The van der Waals surface area contributed by atoms with Crippen LogP contribution in [-0.2, 0) is 16.1 Å². The second-order valence-electron chi connectivity index (χ2n) is 8.01. The summed E-state index contributed by atoms with van der Waals surface area (Å²) >= 11 is 0. The van der Waals surface area contributed by atoms with Gasteiger partial charge in [-0.15, -0.1) is 0 Å². The molecule has 1 saturated heterocycles. The van der Waals surface area contributed by atoms with Crippen molar-refractivity contribution in [3.8, 4) is 17.1 Å². The third kappa shape index (κ3) is 3.76. The molecule has 3 aromatic rings. The summed E-state index contributed by atoms with van der Waals surface area (Å²) < 4.78 is 37.8. The Morgan fingerprint density at radius 1 is 1.06 bits per heavy atom. The lowest BCUT2D eigenvalue weighted by Gasteiger charge is -2.19. The van der Waals surface area contributed by atoms with E-state index >= 15 is 0 Å². The monoisotopic (exact) mass is 468 g/mol. The zero-order valence-electron chi connectivity index (χ0n) is 18.1. The molecule has 2 aliphatic heterocycles. The van der Waals surface area contributed by atoms with Crippen molar-refractivity contribution in [2.24, 2.45) is 10.3 Å². The molecular formula is C22H18F2N6O4. The average molecular weight is 468 g/mol. The Morgan fingerprint density at radius 3 is 2.53 bits per heavy atom. The van der Waals surface area contributed by atoms with Crippen LogP contribution in [0.2, 0.25) is 0 Å². The molecule has 10 nitrogen and oxygen atoms in total. The molecule has 5 rings (SSSR count). The van der Waals surface area contributed by atoms with Gasteiger partial charge in [-0.2, -0.15) is 10.1 Å². The molecule has 0 saturated carbocycles. The molecule has 0 N–H and O–H groups in total. The number of carbonyl (C=O) groups is 2. The standard InChI is InChI=1S/C22H18F2N6O4/c1-11(2)33-14-6-3-12(4-7-14)20-25-17(34-27-20)10-29-19-18(26-28-29)21(31)30(22(19)32)13-5-8-15(23)16(24)9-13/h3-9,11,18-19H,10H2,1-2H3/t18-,19+/m1/s1. The maximum atomic E-state index is 13.6. The van der Waals surface area contributed by atoms with Gasteiger partial charge in [-0.25, -0.2) is 13.7 Å². The molecule has 0 radical (unpaired) electrons. The van der Waals surface area contributed by atoms with E-state index in [1.807, 2.05) is 13.8 Å². The van der Waals surface area contributed by atoms with Crippen LogP contribution in [0.3, 0.4) is 0 Å². The summed E-state index contributed by atoms with van der Waals surface area (Å²) in [6, 6.07) is 7.79. The molecule has 2 atom stereocenters. The van der Waals surface area contributed by atoms with Crippen LogP contribution in [0.5, 0.6) is 5.75 Å². The Labute approximate surface area is 191 Å². The highest BCUT2D eigenvalue weighted by Crippen LogP contribution is 2.33. The first-order chi connectivity index (χ1) is 16.3. The van der Waals surface area contributed by atoms with Crippen LogP contribution >= 0.6 is 0 Å². The van der Waals surface area contributed by atoms with Crippen molar-refractivity contribution >= 4 is 17.5 Å². The normalized spacial score (nSPS) is 19.4. The second-order valence-corrected chi connectivity index (χ2v) is 8.01. The zero-order chi connectivity index (χ0) is 24.0. The molecule has 12 heteroatoms. The number of halogens is 2. The Hall–Kier alpha value is -4.22. The number of ether oxygens (including phenoxy) is 1. The van der Waals surface area contributed by atoms with Crippen molar-refractivity contribution in [1.29, 1.82) is 0 Å². The van der Waals surface area contributed by atoms with Gasteiger partial charge >= 0.3 is 0 Å². The lowest BCUT2D eigenvalue weighted by atomic mass is 10.1. The van der Waals surface area contributed by atoms with Gasteiger partial charge in [0.05, 0.1) is 11.8 Å². The van der Waals surface area contributed by atoms with E-state index < -0.39 is 35.5 Å². The van der Waals surface area contributed by atoms with Crippen LogP contribution in [0.25, 0.3) is 11.4 Å². The topological polar surface area (TPSA) is 113 Å². The molecule has 3 heterocycles. The van der Waals surface area contributed by atoms with Gasteiger partial charge in [-0.05, 0) is 50.2 Å². The number of amides is 2. The van der Waals surface area contributed by atoms with Gasteiger partial charge in [0.25, 0.3) is 11.8 Å². The van der Waals surface area contributed by atoms with Gasteiger partial charge in [0, 0.05) is 11.6 Å². The Kier molecular flexibility index (Phi) is 5.27. The number of hydrogen-bond acceptors (Lipinski definition) is 9. The van der Waals surface area contributed by atoms with E-state index in [2.05, 4.69) is 20.5 Å². The SMILES string of the molecule is CC(C)Oc1ccc(-c2noc(CN3N=N[C@H]4C(=O)N(c5ccc(F)c(F)c5)C(=O)[C@H]43)n2)cc1. The van der Waals surface area contributed by atoms with Crippen LogP contribution in [-0.4, -0.2) is 45.2 Å². The summed E-state index contributed by atoms with van der Waals surface area (Å²) in [4.78, 5) is 30.8. The predicted octanol–water partition coefficient (Wildman–Crippen LogP) is 3.30. The molecule has 0 bridgehead atoms. The molecule has 1 fully saturated rings. The van der Waals surface area contributed by atoms with E-state index in [0.29, 0.717) is 17.1 Å². The smallest absolute Gasteiger partial charge is 0.263 e. The van der Waals surface area contributed by atoms with Crippen molar-refractivity contribution in [3.63, 3.8) is 0 Å². The lowest BCUT2D eigenvalue weighted by Crippen LogP contribution is -2.39. The molecule has 0 unspecified atom stereocenters. The van der Waals surface area contributed by atoms with Crippen LogP contribution in [0.4, 0.5) is 14.5 Å². The Morgan fingerprint density at radius 2 is 1.82 bits per heavy atom. The van der Waals surface area contributed by atoms with Crippen LogP contribution in [0, 0.1) is 11.6 Å². The molecule has 174 valence electrons. The Balaban J connectivity index is 1.31. The van der Waals surface area contributed by atoms with Crippen molar-refractivity contribution in [1.82, 2.24) is 15.1 Å². The number of carbonyl (C=O) groups excluding carboxylic acids is 2. The maximum absolute atomic E-state index is 13.6. The van der Waals surface area contributed by atoms with Gasteiger partial charge in [0.15, 0.2) is 23.7 Å². The number of benzene rings is 2. The minimum atomic E-state index is -1.17. The van der Waals surface area contributed by atoms with E-state index in [0.717, 1.165) is 23.1 Å². The zero-order valence-corrected chi connectivity index (χ0v) is 18.1. The van der Waals surface area contributed by atoms with Gasteiger partial charge in [0.1, 0.15) is 12.3 Å². The van der Waals surface area contributed by atoms with Gasteiger partial charge in [-0.1, -0.05) is 10.4 Å². The van der Waals surface area contributed by atoms with Crippen LogP contribution in [0.1, 0.15) is 19.7 Å². The van der Waals surface area contributed by atoms with Gasteiger partial charge < -0.3 is 9.26 Å². The van der Waals surface area contributed by atoms with Gasteiger partial charge in [0.2, 0.25) is 11.7 Å². The Bertz CT molecular complexity index is 1290. The number of hydrogen-bond donors (Lipinski definition) is 0. The number of aromatic nitrogens is 2. The fourth-order valence-corrected chi connectivity index (χ4v) is 3.76. The van der Waals surface area contributed by atoms with Crippen molar-refractivity contribution < 1.29 is 27.6 Å². The first kappa shape index (κ1) is 21.6. The first-order valence-corrected chi connectivity index (χ1v) is 10.4.